The second kappa shape index (κ2) is 5.84. The van der Waals surface area contributed by atoms with E-state index in [1.54, 1.807) is 4.68 Å². The van der Waals surface area contributed by atoms with Crippen LogP contribution >= 0.6 is 11.6 Å². The molecule has 0 saturated carbocycles. The molecule has 0 bridgehead atoms. The SMILES string of the molecule is CCNC(C)c1ccc(-n2nnc3ccccc32)c(Cl)c1. The Kier molecular flexibility index (Phi) is 3.90. The normalized spacial score (nSPS) is 12.7. The van der Waals surface area contributed by atoms with Crippen molar-refractivity contribution < 1.29 is 0 Å². The van der Waals surface area contributed by atoms with Crippen LogP contribution < -0.4 is 5.32 Å². The first-order valence-electron chi connectivity index (χ1n) is 7.04. The molecule has 4 nitrogen and oxygen atoms in total. The number of hydrogen-bond donors (Lipinski definition) is 1. The van der Waals surface area contributed by atoms with Gasteiger partial charge >= 0.3 is 0 Å². The highest BCUT2D eigenvalue weighted by atomic mass is 35.5. The number of para-hydroxylation sites is 1. The molecule has 1 unspecified atom stereocenters. The topological polar surface area (TPSA) is 42.7 Å². The quantitative estimate of drug-likeness (QED) is 0.798. The third kappa shape index (κ3) is 2.64. The van der Waals surface area contributed by atoms with Crippen molar-refractivity contribution in [3.63, 3.8) is 0 Å². The molecule has 0 aliphatic rings. The number of nitrogens with zero attached hydrogens (tertiary/aromatic N) is 3. The molecule has 0 amide bonds. The van der Waals surface area contributed by atoms with Gasteiger partial charge in [-0.25, -0.2) is 4.68 Å². The molecule has 0 saturated heterocycles. The fourth-order valence-electron chi connectivity index (χ4n) is 2.44. The standard InChI is InChI=1S/C16H17ClN4/c1-3-18-11(2)12-8-9-15(13(17)10-12)21-16-7-5-4-6-14(16)19-20-21/h4-11,18H,3H2,1-2H3. The van der Waals surface area contributed by atoms with Crippen LogP contribution in [-0.4, -0.2) is 21.5 Å². The molecule has 0 spiro atoms. The van der Waals surface area contributed by atoms with Gasteiger partial charge in [0.1, 0.15) is 5.52 Å². The Morgan fingerprint density at radius 1 is 1.24 bits per heavy atom. The second-order valence-electron chi connectivity index (χ2n) is 4.98. The molecule has 3 rings (SSSR count). The van der Waals surface area contributed by atoms with Crippen LogP contribution in [0.2, 0.25) is 5.02 Å². The van der Waals surface area contributed by atoms with Crippen LogP contribution in [0.5, 0.6) is 0 Å². The Labute approximate surface area is 128 Å². The average molecular weight is 301 g/mol. The summed E-state index contributed by atoms with van der Waals surface area (Å²) in [4.78, 5) is 0. The van der Waals surface area contributed by atoms with Crippen LogP contribution in [0.15, 0.2) is 42.5 Å². The van der Waals surface area contributed by atoms with E-state index in [1.165, 1.54) is 0 Å². The monoisotopic (exact) mass is 300 g/mol. The zero-order valence-corrected chi connectivity index (χ0v) is 12.8. The fraction of sp³-hybridized carbons (Fsp3) is 0.250. The Morgan fingerprint density at radius 2 is 2.05 bits per heavy atom. The van der Waals surface area contributed by atoms with Gasteiger partial charge < -0.3 is 5.32 Å². The summed E-state index contributed by atoms with van der Waals surface area (Å²) in [5, 5.41) is 12.4. The van der Waals surface area contributed by atoms with E-state index in [1.807, 2.05) is 36.4 Å². The summed E-state index contributed by atoms with van der Waals surface area (Å²) in [5.74, 6) is 0. The van der Waals surface area contributed by atoms with E-state index in [2.05, 4.69) is 35.5 Å². The zero-order valence-electron chi connectivity index (χ0n) is 12.0. The van der Waals surface area contributed by atoms with Crippen molar-refractivity contribution in [2.75, 3.05) is 6.54 Å². The molecule has 1 atom stereocenters. The summed E-state index contributed by atoms with van der Waals surface area (Å²) in [7, 11) is 0. The van der Waals surface area contributed by atoms with E-state index in [-0.39, 0.29) is 6.04 Å². The molecule has 1 N–H and O–H groups in total. The Bertz CT molecular complexity index is 766. The first-order chi connectivity index (χ1) is 10.2. The Morgan fingerprint density at radius 3 is 2.81 bits per heavy atom. The number of aromatic nitrogens is 3. The first-order valence-corrected chi connectivity index (χ1v) is 7.42. The molecule has 5 heteroatoms. The van der Waals surface area contributed by atoms with Gasteiger partial charge in [0, 0.05) is 6.04 Å². The predicted molar refractivity (Wildman–Crippen MR) is 86.0 cm³/mol. The number of fused-ring (bicyclic) bond motifs is 1. The highest BCUT2D eigenvalue weighted by Crippen LogP contribution is 2.26. The summed E-state index contributed by atoms with van der Waals surface area (Å²) in [6.45, 7) is 5.14. The zero-order chi connectivity index (χ0) is 14.8. The third-order valence-corrected chi connectivity index (χ3v) is 3.86. The molecule has 3 aromatic rings. The summed E-state index contributed by atoms with van der Waals surface area (Å²) in [6, 6.07) is 14.2. The van der Waals surface area contributed by atoms with E-state index >= 15 is 0 Å². The molecule has 0 radical (unpaired) electrons. The summed E-state index contributed by atoms with van der Waals surface area (Å²) in [6.07, 6.45) is 0. The lowest BCUT2D eigenvalue weighted by atomic mass is 10.1. The van der Waals surface area contributed by atoms with Crippen molar-refractivity contribution in [2.24, 2.45) is 0 Å². The van der Waals surface area contributed by atoms with Gasteiger partial charge in [0.25, 0.3) is 0 Å². The highest BCUT2D eigenvalue weighted by molar-refractivity contribution is 6.32. The van der Waals surface area contributed by atoms with E-state index in [4.69, 9.17) is 11.6 Å². The molecular formula is C16H17ClN4. The van der Waals surface area contributed by atoms with Gasteiger partial charge in [-0.15, -0.1) is 5.10 Å². The second-order valence-corrected chi connectivity index (χ2v) is 5.39. The van der Waals surface area contributed by atoms with Crippen molar-refractivity contribution >= 4 is 22.6 Å². The maximum absolute atomic E-state index is 6.45. The average Bonchev–Trinajstić information content (AvgIpc) is 2.91. The molecule has 0 aliphatic carbocycles. The van der Waals surface area contributed by atoms with Gasteiger partial charge in [0.2, 0.25) is 0 Å². The summed E-state index contributed by atoms with van der Waals surface area (Å²) >= 11 is 6.45. The summed E-state index contributed by atoms with van der Waals surface area (Å²) < 4.78 is 1.78. The van der Waals surface area contributed by atoms with Gasteiger partial charge in [-0.05, 0) is 43.3 Å². The molecule has 1 aromatic heterocycles. The van der Waals surface area contributed by atoms with Crippen molar-refractivity contribution in [3.8, 4) is 5.69 Å². The predicted octanol–water partition coefficient (Wildman–Crippen LogP) is 3.74. The number of hydrogen-bond acceptors (Lipinski definition) is 3. The van der Waals surface area contributed by atoms with Crippen molar-refractivity contribution in [3.05, 3.63) is 53.1 Å². The maximum Gasteiger partial charge on any atom is 0.113 e. The lowest BCUT2D eigenvalue weighted by molar-refractivity contribution is 0.598. The maximum atomic E-state index is 6.45. The van der Waals surface area contributed by atoms with Crippen LogP contribution in [0, 0.1) is 0 Å². The van der Waals surface area contributed by atoms with E-state index in [0.717, 1.165) is 28.8 Å². The molecule has 0 aliphatic heterocycles. The van der Waals surface area contributed by atoms with E-state index in [0.29, 0.717) is 5.02 Å². The molecule has 0 fully saturated rings. The Hall–Kier alpha value is -1.91. The number of nitrogens with one attached hydrogen (secondary N) is 1. The van der Waals surface area contributed by atoms with Gasteiger partial charge in [-0.2, -0.15) is 0 Å². The van der Waals surface area contributed by atoms with Crippen LogP contribution in [0.25, 0.3) is 16.7 Å². The number of rotatable bonds is 4. The molecule has 108 valence electrons. The minimum absolute atomic E-state index is 0.272. The number of halogens is 1. The first kappa shape index (κ1) is 14.0. The molecule has 1 heterocycles. The number of benzene rings is 2. The largest absolute Gasteiger partial charge is 0.310 e. The van der Waals surface area contributed by atoms with Crippen molar-refractivity contribution in [1.82, 2.24) is 20.3 Å². The lowest BCUT2D eigenvalue weighted by Crippen LogP contribution is -2.17. The van der Waals surface area contributed by atoms with Crippen LogP contribution in [-0.2, 0) is 0 Å². The Balaban J connectivity index is 2.03. The van der Waals surface area contributed by atoms with E-state index < -0.39 is 0 Å². The minimum Gasteiger partial charge on any atom is -0.310 e. The fourth-order valence-corrected chi connectivity index (χ4v) is 2.70. The van der Waals surface area contributed by atoms with Gasteiger partial charge in [0.15, 0.2) is 0 Å². The van der Waals surface area contributed by atoms with Gasteiger partial charge in [-0.1, -0.05) is 41.9 Å². The molecule has 2 aromatic carbocycles. The molecule has 21 heavy (non-hydrogen) atoms. The van der Waals surface area contributed by atoms with Crippen LogP contribution in [0.4, 0.5) is 0 Å². The minimum atomic E-state index is 0.272. The molecular weight excluding hydrogens is 284 g/mol. The van der Waals surface area contributed by atoms with Crippen molar-refractivity contribution in [2.45, 2.75) is 19.9 Å². The van der Waals surface area contributed by atoms with E-state index in [9.17, 15) is 0 Å². The van der Waals surface area contributed by atoms with Crippen LogP contribution in [0.1, 0.15) is 25.5 Å². The highest BCUT2D eigenvalue weighted by Gasteiger charge is 2.11. The van der Waals surface area contributed by atoms with Gasteiger partial charge in [-0.3, -0.25) is 0 Å². The van der Waals surface area contributed by atoms with Gasteiger partial charge in [0.05, 0.1) is 16.2 Å². The third-order valence-electron chi connectivity index (χ3n) is 3.56. The smallest absolute Gasteiger partial charge is 0.113 e. The van der Waals surface area contributed by atoms with Crippen LogP contribution in [0.3, 0.4) is 0 Å². The summed E-state index contributed by atoms with van der Waals surface area (Å²) in [5.41, 5.74) is 3.82. The lowest BCUT2D eigenvalue weighted by Gasteiger charge is -2.14. The van der Waals surface area contributed by atoms with Crippen molar-refractivity contribution in [1.29, 1.82) is 0 Å².